The molecule has 0 aliphatic rings. The fraction of sp³-hybridized carbons (Fsp3) is 0.806. The van der Waals surface area contributed by atoms with Gasteiger partial charge in [-0.15, -0.1) is 0 Å². The van der Waals surface area contributed by atoms with Crippen molar-refractivity contribution in [1.29, 1.82) is 0 Å². The first kappa shape index (κ1) is 40.1. The van der Waals surface area contributed by atoms with Gasteiger partial charge < -0.3 is 14.6 Å². The zero-order valence-electron chi connectivity index (χ0n) is 27.4. The van der Waals surface area contributed by atoms with Crippen LogP contribution in [-0.2, 0) is 23.9 Å². The summed E-state index contributed by atoms with van der Waals surface area (Å²) in [7, 11) is 0. The highest BCUT2D eigenvalue weighted by Gasteiger charge is 2.12. The van der Waals surface area contributed by atoms with Crippen LogP contribution in [0.2, 0.25) is 0 Å². The maximum Gasteiger partial charge on any atom is 0.305 e. The van der Waals surface area contributed by atoms with Crippen molar-refractivity contribution in [3.05, 3.63) is 24.3 Å². The van der Waals surface area contributed by atoms with Gasteiger partial charge in [0.05, 0.1) is 0 Å². The van der Waals surface area contributed by atoms with Crippen LogP contribution in [0.4, 0.5) is 0 Å². The largest absolute Gasteiger partial charge is 0.463 e. The first-order chi connectivity index (χ1) is 20.4. The fourth-order valence-corrected chi connectivity index (χ4v) is 4.63. The van der Waals surface area contributed by atoms with Gasteiger partial charge in [-0.25, -0.2) is 0 Å². The van der Waals surface area contributed by atoms with Gasteiger partial charge in [-0.2, -0.15) is 0 Å². The van der Waals surface area contributed by atoms with Gasteiger partial charge in [-0.1, -0.05) is 129 Å². The minimum atomic E-state index is -0.999. The van der Waals surface area contributed by atoms with E-state index < -0.39 is 6.10 Å². The van der Waals surface area contributed by atoms with Crippen molar-refractivity contribution in [3.8, 4) is 0 Å². The Kier molecular flexibility index (Phi) is 29.1. The molecule has 0 radical (unpaired) electrons. The Morgan fingerprint density at radius 2 is 1.14 bits per heavy atom. The lowest BCUT2D eigenvalue weighted by Gasteiger charge is -2.12. The van der Waals surface area contributed by atoms with E-state index in [0.717, 1.165) is 63.7 Å². The summed E-state index contributed by atoms with van der Waals surface area (Å²) in [6.07, 6.45) is 29.0. The van der Waals surface area contributed by atoms with E-state index in [2.05, 4.69) is 26.8 Å². The standard InChI is InChI=1S/C36H64O6/c1-4-6-7-8-11-16-21-26-33(37)27-22-17-14-19-24-29-36(40)42-31-34(38)30-41-35(39)28-23-18-13-10-9-12-15-20-25-32(3)5-2/h11,16,21,26,32,34,38H,4-10,12-15,17-20,22-25,27-31H2,1-3H3/b16-11-,26-21+/t32?,34-/m1/s1. The molecule has 0 aromatic rings. The second kappa shape index (κ2) is 30.5. The van der Waals surface area contributed by atoms with E-state index in [9.17, 15) is 19.5 Å². The molecule has 6 heteroatoms. The molecule has 0 aliphatic carbocycles. The predicted molar refractivity (Wildman–Crippen MR) is 173 cm³/mol. The summed E-state index contributed by atoms with van der Waals surface area (Å²) >= 11 is 0. The monoisotopic (exact) mass is 592 g/mol. The minimum absolute atomic E-state index is 0.147. The summed E-state index contributed by atoms with van der Waals surface area (Å²) < 4.78 is 10.2. The molecule has 0 aromatic carbocycles. The summed E-state index contributed by atoms with van der Waals surface area (Å²) in [5.41, 5.74) is 0. The van der Waals surface area contributed by atoms with Crippen molar-refractivity contribution in [3.63, 3.8) is 0 Å². The molecule has 0 fully saturated rings. The molecular formula is C36H64O6. The number of aliphatic hydroxyl groups is 1. The third-order valence-electron chi connectivity index (χ3n) is 7.71. The Hall–Kier alpha value is -1.95. The Morgan fingerprint density at radius 3 is 1.67 bits per heavy atom. The Bertz CT molecular complexity index is 714. The number of rotatable bonds is 30. The summed E-state index contributed by atoms with van der Waals surface area (Å²) in [6.45, 7) is 6.47. The number of carbonyl (C=O) groups excluding carboxylic acids is 3. The number of unbranched alkanes of at least 4 members (excludes halogenated alkanes) is 14. The Morgan fingerprint density at radius 1 is 0.643 bits per heavy atom. The first-order valence-electron chi connectivity index (χ1n) is 17.2. The Labute approximate surface area is 258 Å². The van der Waals surface area contributed by atoms with Gasteiger partial charge in [-0.05, 0) is 44.1 Å². The van der Waals surface area contributed by atoms with Crippen molar-refractivity contribution in [2.24, 2.45) is 5.92 Å². The van der Waals surface area contributed by atoms with E-state index in [1.807, 2.05) is 12.2 Å². The molecule has 0 rings (SSSR count). The van der Waals surface area contributed by atoms with Crippen LogP contribution in [0.1, 0.15) is 162 Å². The summed E-state index contributed by atoms with van der Waals surface area (Å²) in [5.74, 6) is 0.352. The third-order valence-corrected chi connectivity index (χ3v) is 7.71. The lowest BCUT2D eigenvalue weighted by Crippen LogP contribution is -2.25. The summed E-state index contributed by atoms with van der Waals surface area (Å²) in [6, 6.07) is 0. The zero-order valence-corrected chi connectivity index (χ0v) is 27.4. The molecule has 0 saturated carbocycles. The molecule has 0 spiro atoms. The number of esters is 2. The van der Waals surface area contributed by atoms with Crippen LogP contribution in [0.15, 0.2) is 24.3 Å². The molecule has 6 nitrogen and oxygen atoms in total. The number of hydrogen-bond acceptors (Lipinski definition) is 6. The molecule has 0 aliphatic heterocycles. The molecule has 1 N–H and O–H groups in total. The normalized spacial score (nSPS) is 13.0. The van der Waals surface area contributed by atoms with Crippen LogP contribution in [0.5, 0.6) is 0 Å². The molecule has 0 saturated heterocycles. The van der Waals surface area contributed by atoms with E-state index in [4.69, 9.17) is 9.47 Å². The number of hydrogen-bond donors (Lipinski definition) is 1. The van der Waals surface area contributed by atoms with E-state index in [-0.39, 0.29) is 30.9 Å². The smallest absolute Gasteiger partial charge is 0.305 e. The van der Waals surface area contributed by atoms with Crippen molar-refractivity contribution in [1.82, 2.24) is 0 Å². The zero-order chi connectivity index (χ0) is 31.1. The highest BCUT2D eigenvalue weighted by Crippen LogP contribution is 2.15. The van der Waals surface area contributed by atoms with Crippen molar-refractivity contribution in [2.75, 3.05) is 13.2 Å². The van der Waals surface area contributed by atoms with E-state index in [0.29, 0.717) is 19.3 Å². The Balaban J connectivity index is 3.56. The van der Waals surface area contributed by atoms with Crippen LogP contribution >= 0.6 is 0 Å². The highest BCUT2D eigenvalue weighted by molar-refractivity contribution is 5.89. The average Bonchev–Trinajstić information content (AvgIpc) is 2.98. The van der Waals surface area contributed by atoms with Crippen LogP contribution < -0.4 is 0 Å². The van der Waals surface area contributed by atoms with Gasteiger partial charge in [0.1, 0.15) is 19.3 Å². The molecule has 244 valence electrons. The molecule has 42 heavy (non-hydrogen) atoms. The number of aliphatic hydroxyl groups excluding tert-OH is 1. The number of carbonyl (C=O) groups is 3. The minimum Gasteiger partial charge on any atom is -0.463 e. The van der Waals surface area contributed by atoms with Crippen molar-refractivity contribution in [2.45, 2.75) is 168 Å². The van der Waals surface area contributed by atoms with Crippen molar-refractivity contribution >= 4 is 17.7 Å². The van der Waals surface area contributed by atoms with Gasteiger partial charge in [0.2, 0.25) is 0 Å². The summed E-state index contributed by atoms with van der Waals surface area (Å²) in [4.78, 5) is 35.7. The van der Waals surface area contributed by atoms with Crippen molar-refractivity contribution < 1.29 is 29.0 Å². The molecule has 0 heterocycles. The number of allylic oxidation sites excluding steroid dienone is 4. The SMILES string of the molecule is CCCCC/C=C\C=C\C(=O)CCCCCCCC(=O)OC[C@H](O)COC(=O)CCCCCCCCCCC(C)CC. The quantitative estimate of drug-likeness (QED) is 0.0387. The van der Waals surface area contributed by atoms with Crippen LogP contribution in [0, 0.1) is 5.92 Å². The van der Waals surface area contributed by atoms with E-state index >= 15 is 0 Å². The lowest BCUT2D eigenvalue weighted by molar-refractivity contribution is -0.152. The molecule has 1 unspecified atom stereocenters. The van der Waals surface area contributed by atoms with Gasteiger partial charge >= 0.3 is 11.9 Å². The lowest BCUT2D eigenvalue weighted by atomic mass is 9.99. The third kappa shape index (κ3) is 29.5. The first-order valence-corrected chi connectivity index (χ1v) is 17.2. The van der Waals surface area contributed by atoms with E-state index in [1.54, 1.807) is 6.08 Å². The van der Waals surface area contributed by atoms with Crippen LogP contribution in [0.25, 0.3) is 0 Å². The fourth-order valence-electron chi connectivity index (χ4n) is 4.63. The second-order valence-corrected chi connectivity index (χ2v) is 11.9. The molecule has 0 aromatic heterocycles. The maximum atomic E-state index is 11.9. The molecule has 0 amide bonds. The van der Waals surface area contributed by atoms with Crippen LogP contribution in [-0.4, -0.2) is 42.1 Å². The number of ether oxygens (including phenoxy) is 2. The maximum absolute atomic E-state index is 11.9. The summed E-state index contributed by atoms with van der Waals surface area (Å²) in [5, 5.41) is 9.96. The number of ketones is 1. The van der Waals surface area contributed by atoms with E-state index in [1.165, 1.54) is 64.2 Å². The predicted octanol–water partition coefficient (Wildman–Crippen LogP) is 9.37. The topological polar surface area (TPSA) is 89.9 Å². The average molecular weight is 593 g/mol. The van der Waals surface area contributed by atoms with Gasteiger partial charge in [0.25, 0.3) is 0 Å². The molecular weight excluding hydrogens is 528 g/mol. The van der Waals surface area contributed by atoms with Gasteiger partial charge in [0.15, 0.2) is 5.78 Å². The molecule has 2 atom stereocenters. The van der Waals surface area contributed by atoms with Crippen LogP contribution in [0.3, 0.4) is 0 Å². The van der Waals surface area contributed by atoms with Gasteiger partial charge in [0, 0.05) is 19.3 Å². The van der Waals surface area contributed by atoms with Gasteiger partial charge in [-0.3, -0.25) is 14.4 Å². The molecule has 0 bridgehead atoms. The second-order valence-electron chi connectivity index (χ2n) is 11.9. The highest BCUT2D eigenvalue weighted by atomic mass is 16.6.